The number of ether oxygens (including phenoxy) is 1. The van der Waals surface area contributed by atoms with E-state index in [1.54, 1.807) is 36.0 Å². The Morgan fingerprint density at radius 3 is 2.73 bits per heavy atom. The van der Waals surface area contributed by atoms with Gasteiger partial charge in [-0.25, -0.2) is 13.5 Å². The molecule has 4 aliphatic rings. The minimum absolute atomic E-state index is 0.0369. The number of aliphatic hydroxyl groups excluding tert-OH is 2. The van der Waals surface area contributed by atoms with Gasteiger partial charge in [-0.3, -0.25) is 9.59 Å². The molecule has 3 fully saturated rings. The lowest BCUT2D eigenvalue weighted by atomic mass is 9.44. The Morgan fingerprint density at radius 2 is 2.05 bits per heavy atom. The van der Waals surface area contributed by atoms with Crippen LogP contribution in [0.5, 0.6) is 0 Å². The van der Waals surface area contributed by atoms with Crippen molar-refractivity contribution < 1.29 is 33.3 Å². The number of hydrogen-bond donors (Lipinski definition) is 3. The Morgan fingerprint density at radius 1 is 1.30 bits per heavy atom. The molecule has 2 aromatic rings. The fourth-order valence-corrected chi connectivity index (χ4v) is 10.6. The predicted octanol–water partition coefficient (Wildman–Crippen LogP) is 5.13. The van der Waals surface area contributed by atoms with E-state index in [4.69, 9.17) is 10.5 Å². The number of nitrogens with two attached hydrogens (primary N) is 1. The van der Waals surface area contributed by atoms with Crippen LogP contribution >= 0.6 is 11.8 Å². The van der Waals surface area contributed by atoms with Gasteiger partial charge in [-0.1, -0.05) is 51.1 Å². The number of hydrogen-bond acceptors (Lipinski definition) is 7. The number of nitrogens with zero attached hydrogens (tertiary/aromatic N) is 2. The van der Waals surface area contributed by atoms with Crippen LogP contribution in [0.15, 0.2) is 36.0 Å². The zero-order valence-electron chi connectivity index (χ0n) is 25.6. The van der Waals surface area contributed by atoms with Crippen molar-refractivity contribution in [2.24, 2.45) is 34.3 Å². The van der Waals surface area contributed by atoms with Crippen LogP contribution in [0.1, 0.15) is 81.4 Å². The van der Waals surface area contributed by atoms with Crippen molar-refractivity contribution in [3.05, 3.63) is 52.9 Å². The number of benzene rings is 1. The van der Waals surface area contributed by atoms with E-state index >= 15 is 4.39 Å². The maximum atomic E-state index is 18.2. The Balaban J connectivity index is 1.40. The summed E-state index contributed by atoms with van der Waals surface area (Å²) in [6, 6.07) is 6.02. The SMILES string of the molecule is CCC(=O)O[C@]1(C(O)SCF)[C@H](C)C[C@H]2[C@@H]3CCC4=Cc5c(cnn5-c5cccc(C(N)=O)c5)C[C@]4(C)[C@@]3(F)[C@@H](O)C[C@@]21C. The number of rotatable bonds is 7. The Bertz CT molecular complexity index is 1530. The highest BCUT2D eigenvalue weighted by Crippen LogP contribution is 2.72. The van der Waals surface area contributed by atoms with Crippen molar-refractivity contribution in [3.63, 3.8) is 0 Å². The standard InChI is InChI=1S/C33H41F2N3O5S/c1-5-27(40)43-33(29(42)44-17-34)18(2)11-24-23-10-9-21-13-25-20(14-30(21,3)32(23,35)26(39)15-31(24,33)4)16-37-38(25)22-8-6-7-19(12-22)28(36)41/h6-8,12-13,16,18,23-24,26,29,39,42H,5,9-11,14-15,17H2,1-4H3,(H2,36,41)/t18-,23+,24+,26+,29?,30+,31+,32+,33+/m1/s1. The molecule has 3 saturated carbocycles. The third kappa shape index (κ3) is 4.04. The first-order valence-electron chi connectivity index (χ1n) is 15.4. The van der Waals surface area contributed by atoms with Gasteiger partial charge in [0, 0.05) is 34.7 Å². The van der Waals surface area contributed by atoms with E-state index in [0.717, 1.165) is 16.8 Å². The number of esters is 1. The number of aliphatic hydroxyl groups is 2. The molecule has 0 radical (unpaired) electrons. The molecule has 8 nitrogen and oxygen atoms in total. The van der Waals surface area contributed by atoms with Gasteiger partial charge >= 0.3 is 5.97 Å². The van der Waals surface area contributed by atoms with Crippen molar-refractivity contribution in [3.8, 4) is 5.69 Å². The van der Waals surface area contributed by atoms with Crippen LogP contribution in [-0.2, 0) is 16.0 Å². The summed E-state index contributed by atoms with van der Waals surface area (Å²) >= 11 is 0.672. The van der Waals surface area contributed by atoms with Crippen molar-refractivity contribution in [2.45, 2.75) is 89.0 Å². The lowest BCUT2D eigenvalue weighted by Crippen LogP contribution is -2.70. The number of amides is 1. The lowest BCUT2D eigenvalue weighted by Gasteiger charge is -2.64. The minimum atomic E-state index is -2.00. The molecule has 1 aromatic carbocycles. The number of halogens is 2. The van der Waals surface area contributed by atoms with E-state index in [1.807, 2.05) is 32.9 Å². The molecule has 6 rings (SSSR count). The monoisotopic (exact) mass is 629 g/mol. The second-order valence-electron chi connectivity index (χ2n) is 13.6. The Hall–Kier alpha value is -2.76. The molecule has 1 unspecified atom stereocenters. The van der Waals surface area contributed by atoms with Crippen LogP contribution in [0.3, 0.4) is 0 Å². The summed E-state index contributed by atoms with van der Waals surface area (Å²) in [6.45, 7) is 7.31. The summed E-state index contributed by atoms with van der Waals surface area (Å²) in [5.74, 6) is -2.32. The summed E-state index contributed by atoms with van der Waals surface area (Å²) < 4.78 is 39.6. The summed E-state index contributed by atoms with van der Waals surface area (Å²) in [4.78, 5) is 24.6. The van der Waals surface area contributed by atoms with Crippen LogP contribution in [0.2, 0.25) is 0 Å². The van der Waals surface area contributed by atoms with Crippen LogP contribution in [-0.4, -0.2) is 60.7 Å². The normalized spacial score (nSPS) is 38.0. The quantitative estimate of drug-likeness (QED) is 0.286. The molecule has 9 atom stereocenters. The number of thioether (sulfide) groups is 1. The van der Waals surface area contributed by atoms with E-state index in [1.165, 1.54) is 0 Å². The van der Waals surface area contributed by atoms with Gasteiger partial charge in [-0.05, 0) is 67.9 Å². The molecular formula is C33H41F2N3O5S. The Labute approximate surface area is 260 Å². The van der Waals surface area contributed by atoms with Crippen molar-refractivity contribution in [1.82, 2.24) is 9.78 Å². The fourth-order valence-electron chi connectivity index (χ4n) is 9.64. The third-order valence-corrected chi connectivity index (χ3v) is 12.5. The first-order chi connectivity index (χ1) is 20.8. The summed E-state index contributed by atoms with van der Waals surface area (Å²) in [7, 11) is 0. The van der Waals surface area contributed by atoms with E-state index < -0.39 is 57.4 Å². The van der Waals surface area contributed by atoms with Crippen LogP contribution in [0.25, 0.3) is 11.8 Å². The van der Waals surface area contributed by atoms with Gasteiger partial charge in [0.25, 0.3) is 0 Å². The highest BCUT2D eigenvalue weighted by molar-refractivity contribution is 7.99. The number of fused-ring (bicyclic) bond motifs is 6. The molecule has 238 valence electrons. The largest absolute Gasteiger partial charge is 0.454 e. The summed E-state index contributed by atoms with van der Waals surface area (Å²) in [6.07, 6.45) is 4.18. The molecule has 1 heterocycles. The molecule has 0 saturated heterocycles. The zero-order chi connectivity index (χ0) is 31.8. The molecule has 44 heavy (non-hydrogen) atoms. The van der Waals surface area contributed by atoms with Gasteiger partial charge in [-0.15, -0.1) is 0 Å². The number of alkyl halides is 2. The molecule has 0 bridgehead atoms. The predicted molar refractivity (Wildman–Crippen MR) is 163 cm³/mol. The number of primary amides is 1. The van der Waals surface area contributed by atoms with Gasteiger partial charge in [0.2, 0.25) is 5.91 Å². The number of aromatic nitrogens is 2. The van der Waals surface area contributed by atoms with E-state index in [9.17, 15) is 24.2 Å². The molecule has 1 amide bonds. The van der Waals surface area contributed by atoms with Crippen LogP contribution in [0.4, 0.5) is 8.78 Å². The molecule has 4 aliphatic carbocycles. The molecule has 0 aliphatic heterocycles. The number of carbonyl (C=O) groups excluding carboxylic acids is 2. The van der Waals surface area contributed by atoms with E-state index in [2.05, 4.69) is 5.10 Å². The average Bonchev–Trinajstić information content (AvgIpc) is 3.48. The number of allylic oxidation sites excluding steroid dienone is 1. The third-order valence-electron chi connectivity index (χ3n) is 11.7. The number of carbonyl (C=O) groups is 2. The van der Waals surface area contributed by atoms with Crippen LogP contribution in [0, 0.1) is 28.6 Å². The second kappa shape index (κ2) is 10.7. The van der Waals surface area contributed by atoms with Crippen LogP contribution < -0.4 is 5.73 Å². The van der Waals surface area contributed by atoms with Gasteiger partial charge in [0.05, 0.1) is 23.7 Å². The topological polar surface area (TPSA) is 128 Å². The smallest absolute Gasteiger partial charge is 0.306 e. The maximum Gasteiger partial charge on any atom is 0.306 e. The van der Waals surface area contributed by atoms with Gasteiger partial charge in [-0.2, -0.15) is 5.10 Å². The van der Waals surface area contributed by atoms with Gasteiger partial charge in [0.15, 0.2) is 5.60 Å². The molecule has 11 heteroatoms. The van der Waals surface area contributed by atoms with E-state index in [0.29, 0.717) is 48.7 Å². The Kier molecular flexibility index (Phi) is 7.57. The van der Waals surface area contributed by atoms with Crippen molar-refractivity contribution in [1.29, 1.82) is 0 Å². The fraction of sp³-hybridized carbons (Fsp3) is 0.606. The van der Waals surface area contributed by atoms with Gasteiger partial charge in [0.1, 0.15) is 17.1 Å². The first-order valence-corrected chi connectivity index (χ1v) is 16.5. The van der Waals surface area contributed by atoms with Crippen molar-refractivity contribution in [2.75, 3.05) is 6.01 Å². The molecule has 1 aromatic heterocycles. The van der Waals surface area contributed by atoms with Crippen molar-refractivity contribution >= 4 is 29.7 Å². The highest BCUT2D eigenvalue weighted by atomic mass is 32.2. The molecular weight excluding hydrogens is 588 g/mol. The second-order valence-corrected chi connectivity index (χ2v) is 14.6. The lowest BCUT2D eigenvalue weighted by molar-refractivity contribution is -0.245. The van der Waals surface area contributed by atoms with Gasteiger partial charge < -0.3 is 20.7 Å². The minimum Gasteiger partial charge on any atom is -0.454 e. The first kappa shape index (κ1) is 31.2. The average molecular weight is 630 g/mol. The maximum absolute atomic E-state index is 18.2. The summed E-state index contributed by atoms with van der Waals surface area (Å²) in [5, 5.41) is 27.9. The highest BCUT2D eigenvalue weighted by Gasteiger charge is 2.77. The molecule has 0 spiro atoms. The zero-order valence-corrected chi connectivity index (χ0v) is 26.4. The summed E-state index contributed by atoms with van der Waals surface area (Å²) in [5.41, 5.74) is 2.21. The van der Waals surface area contributed by atoms with E-state index in [-0.39, 0.29) is 24.7 Å². The molecule has 4 N–H and O–H groups in total.